The van der Waals surface area contributed by atoms with Gasteiger partial charge in [-0.15, -0.1) is 0 Å². The molecule has 1 aliphatic rings. The number of hydrogen-bond donors (Lipinski definition) is 1. The minimum atomic E-state index is 0.571. The van der Waals surface area contributed by atoms with Gasteiger partial charge in [-0.1, -0.05) is 32.6 Å². The van der Waals surface area contributed by atoms with Gasteiger partial charge in [-0.25, -0.2) is 0 Å². The van der Waals surface area contributed by atoms with Crippen LogP contribution < -0.4 is 5.32 Å². The van der Waals surface area contributed by atoms with Crippen molar-refractivity contribution in [2.45, 2.75) is 57.9 Å². The molecule has 1 fully saturated rings. The first-order valence-electron chi connectivity index (χ1n) is 6.59. The van der Waals surface area contributed by atoms with E-state index < -0.39 is 0 Å². The largest absolute Gasteiger partial charge is 0.383 e. The highest BCUT2D eigenvalue weighted by molar-refractivity contribution is 4.72. The van der Waals surface area contributed by atoms with Crippen LogP contribution in [0.5, 0.6) is 0 Å². The van der Waals surface area contributed by atoms with Crippen LogP contribution in [0, 0.1) is 5.92 Å². The van der Waals surface area contributed by atoms with Crippen molar-refractivity contribution in [1.82, 2.24) is 5.32 Å². The molecule has 90 valence electrons. The average Bonchev–Trinajstić information content (AvgIpc) is 2.28. The van der Waals surface area contributed by atoms with Crippen LogP contribution in [0.2, 0.25) is 0 Å². The molecule has 0 saturated heterocycles. The Kier molecular flexibility index (Phi) is 7.03. The normalized spacial score (nSPS) is 20.4. The van der Waals surface area contributed by atoms with Gasteiger partial charge in [0.1, 0.15) is 0 Å². The molecule has 1 N–H and O–H groups in total. The minimum absolute atomic E-state index is 0.571. The molecule has 1 saturated carbocycles. The lowest BCUT2D eigenvalue weighted by Crippen LogP contribution is -2.37. The van der Waals surface area contributed by atoms with Crippen molar-refractivity contribution in [2.24, 2.45) is 5.92 Å². The molecular formula is C13H27NO. The molecular weight excluding hydrogens is 186 g/mol. The second-order valence-corrected chi connectivity index (χ2v) is 4.85. The Hall–Kier alpha value is -0.0800. The summed E-state index contributed by atoms with van der Waals surface area (Å²) in [5, 5.41) is 3.67. The molecule has 0 heterocycles. The van der Waals surface area contributed by atoms with Gasteiger partial charge >= 0.3 is 0 Å². The van der Waals surface area contributed by atoms with Gasteiger partial charge in [0.15, 0.2) is 0 Å². The lowest BCUT2D eigenvalue weighted by atomic mass is 9.89. The van der Waals surface area contributed by atoms with E-state index in [-0.39, 0.29) is 0 Å². The molecule has 2 nitrogen and oxygen atoms in total. The van der Waals surface area contributed by atoms with Gasteiger partial charge in [-0.2, -0.15) is 0 Å². The van der Waals surface area contributed by atoms with Gasteiger partial charge in [-0.05, 0) is 31.7 Å². The Morgan fingerprint density at radius 2 is 2.00 bits per heavy atom. The first-order valence-corrected chi connectivity index (χ1v) is 6.59. The Bertz CT molecular complexity index is 137. The first-order chi connectivity index (χ1) is 7.36. The van der Waals surface area contributed by atoms with Crippen LogP contribution in [-0.4, -0.2) is 26.3 Å². The monoisotopic (exact) mass is 213 g/mol. The van der Waals surface area contributed by atoms with Crippen molar-refractivity contribution in [1.29, 1.82) is 0 Å². The predicted molar refractivity (Wildman–Crippen MR) is 65.1 cm³/mol. The van der Waals surface area contributed by atoms with E-state index in [9.17, 15) is 0 Å². The van der Waals surface area contributed by atoms with Crippen molar-refractivity contribution in [2.75, 3.05) is 20.3 Å². The van der Waals surface area contributed by atoms with Gasteiger partial charge in [-0.3, -0.25) is 0 Å². The third-order valence-corrected chi connectivity index (χ3v) is 3.42. The Balaban J connectivity index is 2.13. The lowest BCUT2D eigenvalue weighted by molar-refractivity contribution is 0.157. The highest BCUT2D eigenvalue weighted by Crippen LogP contribution is 2.22. The predicted octanol–water partition coefficient (Wildman–Crippen LogP) is 2.97. The number of hydrogen-bond acceptors (Lipinski definition) is 2. The van der Waals surface area contributed by atoms with Gasteiger partial charge in [0.05, 0.1) is 6.61 Å². The van der Waals surface area contributed by atoms with E-state index in [2.05, 4.69) is 12.2 Å². The van der Waals surface area contributed by atoms with E-state index >= 15 is 0 Å². The topological polar surface area (TPSA) is 21.3 Å². The number of methoxy groups -OCH3 is 1. The molecule has 1 rings (SSSR count). The Labute approximate surface area is 94.8 Å². The zero-order valence-corrected chi connectivity index (χ0v) is 10.4. The van der Waals surface area contributed by atoms with Crippen LogP contribution in [-0.2, 0) is 4.74 Å². The van der Waals surface area contributed by atoms with Crippen LogP contribution >= 0.6 is 0 Å². The van der Waals surface area contributed by atoms with Crippen molar-refractivity contribution in [3.05, 3.63) is 0 Å². The van der Waals surface area contributed by atoms with E-state index in [4.69, 9.17) is 4.74 Å². The molecule has 0 radical (unpaired) electrons. The van der Waals surface area contributed by atoms with Gasteiger partial charge in [0.2, 0.25) is 0 Å². The van der Waals surface area contributed by atoms with Gasteiger partial charge in [0, 0.05) is 13.2 Å². The molecule has 0 bridgehead atoms. The van der Waals surface area contributed by atoms with E-state index in [0.29, 0.717) is 6.04 Å². The number of ether oxygens (including phenoxy) is 1. The molecule has 0 aromatic rings. The van der Waals surface area contributed by atoms with Crippen LogP contribution in [0.25, 0.3) is 0 Å². The van der Waals surface area contributed by atoms with Crippen LogP contribution in [0.4, 0.5) is 0 Å². The van der Waals surface area contributed by atoms with Crippen LogP contribution in [0.1, 0.15) is 51.9 Å². The summed E-state index contributed by atoms with van der Waals surface area (Å²) in [5.74, 6) is 0.926. The second-order valence-electron chi connectivity index (χ2n) is 4.85. The molecule has 0 amide bonds. The van der Waals surface area contributed by atoms with E-state index in [1.165, 1.54) is 51.5 Å². The highest BCUT2D eigenvalue weighted by Gasteiger charge is 2.15. The minimum Gasteiger partial charge on any atom is -0.383 e. The van der Waals surface area contributed by atoms with Crippen molar-refractivity contribution >= 4 is 0 Å². The summed E-state index contributed by atoms with van der Waals surface area (Å²) in [5.41, 5.74) is 0. The molecule has 0 spiro atoms. The second kappa shape index (κ2) is 8.12. The summed E-state index contributed by atoms with van der Waals surface area (Å²) in [7, 11) is 1.80. The maximum atomic E-state index is 5.23. The maximum absolute atomic E-state index is 5.23. The summed E-state index contributed by atoms with van der Waals surface area (Å²) < 4.78 is 5.23. The molecule has 0 aliphatic heterocycles. The van der Waals surface area contributed by atoms with Crippen molar-refractivity contribution < 1.29 is 4.74 Å². The molecule has 1 unspecified atom stereocenters. The first kappa shape index (κ1) is 13.0. The van der Waals surface area contributed by atoms with E-state index in [1.807, 2.05) is 0 Å². The molecule has 1 atom stereocenters. The van der Waals surface area contributed by atoms with Gasteiger partial charge in [0.25, 0.3) is 0 Å². The Morgan fingerprint density at radius 1 is 1.27 bits per heavy atom. The van der Waals surface area contributed by atoms with Crippen molar-refractivity contribution in [3.63, 3.8) is 0 Å². The molecule has 2 heteroatoms. The summed E-state index contributed by atoms with van der Waals surface area (Å²) in [6.07, 6.45) is 9.67. The molecule has 0 aromatic carbocycles. The average molecular weight is 213 g/mol. The third kappa shape index (κ3) is 5.53. The van der Waals surface area contributed by atoms with E-state index in [0.717, 1.165) is 12.5 Å². The van der Waals surface area contributed by atoms with Gasteiger partial charge < -0.3 is 10.1 Å². The zero-order valence-electron chi connectivity index (χ0n) is 10.4. The SMILES string of the molecule is CCCC(COC)NCC1CCCCC1. The maximum Gasteiger partial charge on any atom is 0.0615 e. The Morgan fingerprint density at radius 3 is 2.60 bits per heavy atom. The zero-order chi connectivity index (χ0) is 10.9. The summed E-state index contributed by atoms with van der Waals surface area (Å²) in [6.45, 7) is 4.31. The van der Waals surface area contributed by atoms with Crippen LogP contribution in [0.3, 0.4) is 0 Å². The van der Waals surface area contributed by atoms with Crippen LogP contribution in [0.15, 0.2) is 0 Å². The summed E-state index contributed by atoms with van der Waals surface area (Å²) in [4.78, 5) is 0. The smallest absolute Gasteiger partial charge is 0.0615 e. The van der Waals surface area contributed by atoms with Crippen molar-refractivity contribution in [3.8, 4) is 0 Å². The third-order valence-electron chi connectivity index (χ3n) is 3.42. The molecule has 15 heavy (non-hydrogen) atoms. The lowest BCUT2D eigenvalue weighted by Gasteiger charge is -2.25. The number of rotatable bonds is 7. The quantitative estimate of drug-likeness (QED) is 0.702. The molecule has 0 aromatic heterocycles. The summed E-state index contributed by atoms with van der Waals surface area (Å²) in [6, 6.07) is 0.571. The fraction of sp³-hybridized carbons (Fsp3) is 1.00. The highest BCUT2D eigenvalue weighted by atomic mass is 16.5. The fourth-order valence-electron chi connectivity index (χ4n) is 2.52. The molecule has 1 aliphatic carbocycles. The summed E-state index contributed by atoms with van der Waals surface area (Å²) >= 11 is 0. The number of nitrogens with one attached hydrogen (secondary N) is 1. The van der Waals surface area contributed by atoms with E-state index in [1.54, 1.807) is 7.11 Å². The fourth-order valence-corrected chi connectivity index (χ4v) is 2.52. The standard InChI is InChI=1S/C13H27NO/c1-3-7-13(11-15-2)14-10-12-8-5-4-6-9-12/h12-14H,3-11H2,1-2H3.